The maximum Gasteiger partial charge on any atom is 0.201 e. The van der Waals surface area contributed by atoms with E-state index in [2.05, 4.69) is 0 Å². The highest BCUT2D eigenvalue weighted by Crippen LogP contribution is 2.47. The van der Waals surface area contributed by atoms with Crippen LogP contribution >= 0.6 is 0 Å². The number of methoxy groups -OCH3 is 1. The third kappa shape index (κ3) is 3.09. The third-order valence-corrected chi connectivity index (χ3v) is 5.75. The van der Waals surface area contributed by atoms with Crippen molar-refractivity contribution < 1.29 is 29.6 Å². The fourth-order valence-electron chi connectivity index (χ4n) is 4.39. The summed E-state index contributed by atoms with van der Waals surface area (Å²) in [6, 6.07) is 10.6. The average molecular weight is 433 g/mol. The van der Waals surface area contributed by atoms with Gasteiger partial charge in [-0.2, -0.15) is 0 Å². The minimum absolute atomic E-state index is 0.0421. The molecule has 0 aliphatic heterocycles. The lowest BCUT2D eigenvalue weighted by Gasteiger charge is -2.30. The average Bonchev–Trinajstić information content (AvgIpc) is 2.73. The highest BCUT2D eigenvalue weighted by atomic mass is 16.5. The van der Waals surface area contributed by atoms with Gasteiger partial charge in [0.05, 0.1) is 29.8 Å². The van der Waals surface area contributed by atoms with Crippen LogP contribution in [0.2, 0.25) is 0 Å². The van der Waals surface area contributed by atoms with E-state index in [9.17, 15) is 24.9 Å². The van der Waals surface area contributed by atoms with E-state index in [0.717, 1.165) is 0 Å². The number of aromatic hydroxyl groups is 3. The fourth-order valence-corrected chi connectivity index (χ4v) is 4.39. The summed E-state index contributed by atoms with van der Waals surface area (Å²) in [5.41, 5.74) is 0.868. The molecule has 1 atom stereocenters. The van der Waals surface area contributed by atoms with Crippen molar-refractivity contribution >= 4 is 11.6 Å². The summed E-state index contributed by atoms with van der Waals surface area (Å²) in [6.07, 6.45) is 0. The standard InChI is InChI=1S/C25H23NO6/c1-12-9-14-19(16(27)10-12)24(30)20-15(23(14)29)11-17(28)21(25(20)31)22(26(2)3)13-7-5-6-8-18(13)32-4/h5-11,22,27-28,31H,1-4H3. The van der Waals surface area contributed by atoms with Gasteiger partial charge in [0.2, 0.25) is 5.78 Å². The summed E-state index contributed by atoms with van der Waals surface area (Å²) in [5.74, 6) is -1.86. The summed E-state index contributed by atoms with van der Waals surface area (Å²) in [7, 11) is 5.03. The minimum Gasteiger partial charge on any atom is -0.507 e. The number of ketones is 2. The van der Waals surface area contributed by atoms with Crippen LogP contribution in [-0.2, 0) is 0 Å². The van der Waals surface area contributed by atoms with Gasteiger partial charge in [-0.05, 0) is 50.8 Å². The highest BCUT2D eigenvalue weighted by Gasteiger charge is 2.38. The Bertz CT molecular complexity index is 1280. The lowest BCUT2D eigenvalue weighted by Crippen LogP contribution is -2.25. The van der Waals surface area contributed by atoms with Crippen LogP contribution < -0.4 is 4.74 Å². The quantitative estimate of drug-likeness (QED) is 0.452. The van der Waals surface area contributed by atoms with Gasteiger partial charge in [0.25, 0.3) is 0 Å². The van der Waals surface area contributed by atoms with Gasteiger partial charge in [0.1, 0.15) is 23.0 Å². The Labute approximate surface area is 185 Å². The molecule has 32 heavy (non-hydrogen) atoms. The fraction of sp³-hybridized carbons (Fsp3) is 0.200. The van der Waals surface area contributed by atoms with Crippen molar-refractivity contribution in [3.8, 4) is 23.0 Å². The van der Waals surface area contributed by atoms with E-state index in [4.69, 9.17) is 4.74 Å². The van der Waals surface area contributed by atoms with Crippen molar-refractivity contribution in [3.63, 3.8) is 0 Å². The first-order chi connectivity index (χ1) is 15.2. The van der Waals surface area contributed by atoms with E-state index in [1.54, 1.807) is 50.2 Å². The molecule has 0 fully saturated rings. The number of carbonyl (C=O) groups is 2. The Morgan fingerprint density at radius 3 is 2.19 bits per heavy atom. The second-order valence-electron chi connectivity index (χ2n) is 8.05. The lowest BCUT2D eigenvalue weighted by atomic mass is 9.80. The predicted molar refractivity (Wildman–Crippen MR) is 118 cm³/mol. The van der Waals surface area contributed by atoms with E-state index in [1.807, 2.05) is 0 Å². The third-order valence-electron chi connectivity index (χ3n) is 5.75. The van der Waals surface area contributed by atoms with Crippen LogP contribution in [0.5, 0.6) is 23.0 Å². The molecule has 0 radical (unpaired) electrons. The first-order valence-corrected chi connectivity index (χ1v) is 9.98. The molecule has 3 aromatic carbocycles. The van der Waals surface area contributed by atoms with Gasteiger partial charge in [0.15, 0.2) is 5.78 Å². The number of hydrogen-bond acceptors (Lipinski definition) is 7. The topological polar surface area (TPSA) is 107 Å². The van der Waals surface area contributed by atoms with Crippen LogP contribution in [0.1, 0.15) is 54.6 Å². The van der Waals surface area contributed by atoms with Crippen molar-refractivity contribution in [2.24, 2.45) is 0 Å². The molecule has 1 aliphatic carbocycles. The number of rotatable bonds is 4. The zero-order valence-electron chi connectivity index (χ0n) is 18.1. The van der Waals surface area contributed by atoms with Crippen LogP contribution in [0.15, 0.2) is 42.5 Å². The van der Waals surface area contributed by atoms with Crippen LogP contribution in [0.4, 0.5) is 0 Å². The number of benzene rings is 3. The number of hydrogen-bond donors (Lipinski definition) is 3. The Balaban J connectivity index is 2.00. The molecule has 7 nitrogen and oxygen atoms in total. The molecule has 0 aromatic heterocycles. The Kier molecular flexibility index (Phi) is 5.14. The second-order valence-corrected chi connectivity index (χ2v) is 8.05. The summed E-state index contributed by atoms with van der Waals surface area (Å²) < 4.78 is 5.46. The van der Waals surface area contributed by atoms with E-state index >= 15 is 0 Å². The van der Waals surface area contributed by atoms with E-state index in [-0.39, 0.29) is 39.3 Å². The normalized spacial score (nSPS) is 13.7. The summed E-state index contributed by atoms with van der Waals surface area (Å²) >= 11 is 0. The van der Waals surface area contributed by atoms with Gasteiger partial charge in [-0.15, -0.1) is 0 Å². The number of carbonyl (C=O) groups excluding carboxylic acids is 2. The van der Waals surface area contributed by atoms with Gasteiger partial charge in [-0.25, -0.2) is 0 Å². The summed E-state index contributed by atoms with van der Waals surface area (Å²) in [4.78, 5) is 28.2. The molecule has 0 heterocycles. The van der Waals surface area contributed by atoms with Crippen molar-refractivity contribution in [2.75, 3.05) is 21.2 Å². The zero-order chi connectivity index (χ0) is 23.3. The first-order valence-electron chi connectivity index (χ1n) is 9.98. The highest BCUT2D eigenvalue weighted by molar-refractivity contribution is 6.30. The van der Waals surface area contributed by atoms with E-state index in [1.165, 1.54) is 25.3 Å². The number of nitrogens with zero attached hydrogens (tertiary/aromatic N) is 1. The summed E-state index contributed by atoms with van der Waals surface area (Å²) in [6.45, 7) is 1.69. The molecule has 1 unspecified atom stereocenters. The van der Waals surface area contributed by atoms with Crippen LogP contribution in [0.3, 0.4) is 0 Å². The lowest BCUT2D eigenvalue weighted by molar-refractivity contribution is 0.0973. The molecule has 4 rings (SSSR count). The molecular weight excluding hydrogens is 410 g/mol. The van der Waals surface area contributed by atoms with Crippen molar-refractivity contribution in [2.45, 2.75) is 13.0 Å². The molecule has 1 aliphatic rings. The molecule has 0 bridgehead atoms. The molecule has 7 heteroatoms. The minimum atomic E-state index is -0.688. The molecular formula is C25H23NO6. The van der Waals surface area contributed by atoms with Gasteiger partial charge in [0, 0.05) is 16.7 Å². The summed E-state index contributed by atoms with van der Waals surface area (Å²) in [5, 5.41) is 32.5. The largest absolute Gasteiger partial charge is 0.507 e. The molecule has 0 saturated carbocycles. The SMILES string of the molecule is COc1ccccc1C(c1c(O)cc2c(c1O)C(=O)c1c(O)cc(C)cc1C2=O)N(C)C. The number of fused-ring (bicyclic) bond motifs is 2. The smallest absolute Gasteiger partial charge is 0.201 e. The van der Waals surface area contributed by atoms with Gasteiger partial charge in [-0.3, -0.25) is 14.5 Å². The zero-order valence-corrected chi connectivity index (χ0v) is 18.1. The maximum atomic E-state index is 13.3. The first kappa shape index (κ1) is 21.4. The molecule has 0 saturated heterocycles. The Morgan fingerprint density at radius 1 is 0.875 bits per heavy atom. The van der Waals surface area contributed by atoms with Gasteiger partial charge in [-0.1, -0.05) is 18.2 Å². The number of aryl methyl sites for hydroxylation is 1. The molecule has 0 amide bonds. The van der Waals surface area contributed by atoms with Crippen molar-refractivity contribution in [3.05, 3.63) is 81.4 Å². The van der Waals surface area contributed by atoms with Crippen LogP contribution in [-0.4, -0.2) is 53.0 Å². The number of phenols is 3. The predicted octanol–water partition coefficient (Wildman–Crippen LogP) is 3.55. The number of phenolic OH excluding ortho intramolecular Hbond substituents is 3. The van der Waals surface area contributed by atoms with E-state index < -0.39 is 23.4 Å². The molecule has 3 aromatic rings. The molecule has 3 N–H and O–H groups in total. The van der Waals surface area contributed by atoms with Crippen molar-refractivity contribution in [1.82, 2.24) is 4.90 Å². The van der Waals surface area contributed by atoms with Crippen LogP contribution in [0.25, 0.3) is 0 Å². The van der Waals surface area contributed by atoms with E-state index in [0.29, 0.717) is 16.9 Å². The number of ether oxygens (including phenoxy) is 1. The molecule has 0 spiro atoms. The van der Waals surface area contributed by atoms with Gasteiger partial charge < -0.3 is 20.1 Å². The van der Waals surface area contributed by atoms with Gasteiger partial charge >= 0.3 is 0 Å². The second kappa shape index (κ2) is 7.69. The monoisotopic (exact) mass is 433 g/mol. The van der Waals surface area contributed by atoms with Crippen molar-refractivity contribution in [1.29, 1.82) is 0 Å². The maximum absolute atomic E-state index is 13.3. The Morgan fingerprint density at radius 2 is 1.53 bits per heavy atom. The Hall–Kier alpha value is -3.84. The number of para-hydroxylation sites is 1. The van der Waals surface area contributed by atoms with Crippen LogP contribution in [0, 0.1) is 6.92 Å². The molecule has 164 valence electrons.